The highest BCUT2D eigenvalue weighted by atomic mass is 16.6. The van der Waals surface area contributed by atoms with E-state index in [9.17, 15) is 4.79 Å². The van der Waals surface area contributed by atoms with Crippen LogP contribution >= 0.6 is 0 Å². The minimum Gasteiger partial charge on any atom is -0.444 e. The minimum absolute atomic E-state index is 0.247. The summed E-state index contributed by atoms with van der Waals surface area (Å²) in [6, 6.07) is 0.247. The highest BCUT2D eigenvalue weighted by Crippen LogP contribution is 2.40. The second-order valence-corrected chi connectivity index (χ2v) is 10.5. The Morgan fingerprint density at radius 2 is 2.00 bits per heavy atom. The first-order valence-corrected chi connectivity index (χ1v) is 12.5. The van der Waals surface area contributed by atoms with Gasteiger partial charge in [0.05, 0.1) is 13.2 Å². The van der Waals surface area contributed by atoms with Crippen molar-refractivity contribution in [1.82, 2.24) is 45.6 Å². The van der Waals surface area contributed by atoms with E-state index in [2.05, 4.69) is 50.1 Å². The topological polar surface area (TPSA) is 134 Å². The van der Waals surface area contributed by atoms with Crippen LogP contribution in [-0.2, 0) is 28.1 Å². The van der Waals surface area contributed by atoms with Crippen LogP contribution in [0.15, 0.2) is 6.33 Å². The van der Waals surface area contributed by atoms with Crippen molar-refractivity contribution in [3.8, 4) is 0 Å². The molecular formula is C23H41N9O3. The van der Waals surface area contributed by atoms with Crippen LogP contribution in [0.4, 0.5) is 4.79 Å². The van der Waals surface area contributed by atoms with Crippen LogP contribution < -0.4 is 10.6 Å². The first-order valence-electron chi connectivity index (χ1n) is 12.5. The monoisotopic (exact) mass is 491 g/mol. The van der Waals surface area contributed by atoms with Crippen molar-refractivity contribution in [1.29, 1.82) is 0 Å². The van der Waals surface area contributed by atoms with Crippen molar-refractivity contribution in [3.05, 3.63) is 18.0 Å². The third-order valence-electron chi connectivity index (χ3n) is 6.22. The molecule has 1 fully saturated rings. The Morgan fingerprint density at radius 3 is 2.63 bits per heavy atom. The second-order valence-electron chi connectivity index (χ2n) is 10.5. The number of carbonyl (C=O) groups is 1. The Hall–Kier alpha value is -2.60. The molecule has 35 heavy (non-hydrogen) atoms. The zero-order valence-electron chi connectivity index (χ0n) is 22.0. The van der Waals surface area contributed by atoms with E-state index < -0.39 is 17.2 Å². The molecule has 196 valence electrons. The SMILES string of the molecule is COCC(NCc1ncn(C(C)C)n1)(c1nnnn1CCCNC(=O)OC(C)(C)C)C1CCCC1. The van der Waals surface area contributed by atoms with E-state index in [-0.39, 0.29) is 6.04 Å². The average Bonchev–Trinajstić information content (AvgIpc) is 3.55. The first kappa shape index (κ1) is 27.0. The summed E-state index contributed by atoms with van der Waals surface area (Å²) < 4.78 is 14.7. The summed E-state index contributed by atoms with van der Waals surface area (Å²) in [5.74, 6) is 1.78. The maximum atomic E-state index is 11.9. The van der Waals surface area contributed by atoms with Crippen LogP contribution in [0, 0.1) is 5.92 Å². The minimum atomic E-state index is -0.573. The Morgan fingerprint density at radius 1 is 1.26 bits per heavy atom. The van der Waals surface area contributed by atoms with Crippen LogP contribution in [-0.4, -0.2) is 66.9 Å². The molecule has 0 spiro atoms. The van der Waals surface area contributed by atoms with Gasteiger partial charge < -0.3 is 14.8 Å². The molecule has 1 aliphatic carbocycles. The Balaban J connectivity index is 1.74. The van der Waals surface area contributed by atoms with Crippen molar-refractivity contribution in [2.24, 2.45) is 5.92 Å². The zero-order valence-corrected chi connectivity index (χ0v) is 22.0. The van der Waals surface area contributed by atoms with E-state index in [1.54, 1.807) is 13.4 Å². The summed E-state index contributed by atoms with van der Waals surface area (Å²) in [6.07, 6.45) is 6.46. The Bertz CT molecular complexity index is 931. The van der Waals surface area contributed by atoms with Crippen molar-refractivity contribution < 1.29 is 14.3 Å². The fraction of sp³-hybridized carbons (Fsp3) is 0.826. The van der Waals surface area contributed by atoms with Crippen molar-refractivity contribution in [3.63, 3.8) is 0 Å². The molecule has 0 bridgehead atoms. The lowest BCUT2D eigenvalue weighted by Crippen LogP contribution is -2.53. The number of nitrogens with zero attached hydrogens (tertiary/aromatic N) is 7. The quantitative estimate of drug-likeness (QED) is 0.430. The summed E-state index contributed by atoms with van der Waals surface area (Å²) in [4.78, 5) is 16.4. The number of methoxy groups -OCH3 is 1. The van der Waals surface area contributed by atoms with Crippen LogP contribution in [0.25, 0.3) is 0 Å². The van der Waals surface area contributed by atoms with Crippen LogP contribution in [0.5, 0.6) is 0 Å². The lowest BCUT2D eigenvalue weighted by atomic mass is 9.82. The number of aromatic nitrogens is 7. The average molecular weight is 492 g/mol. The van der Waals surface area contributed by atoms with E-state index in [1.807, 2.05) is 30.1 Å². The number of hydrogen-bond acceptors (Lipinski definition) is 9. The number of nitrogens with one attached hydrogen (secondary N) is 2. The standard InChI is InChI=1S/C23H41N9O3/c1-17(2)32-16-25-19(28-32)14-26-23(15-34-6,18-10-7-8-11-18)20-27-29-30-31(20)13-9-12-24-21(33)35-22(3,4)5/h16-18,26H,7-15H2,1-6H3,(H,24,33). The molecule has 0 aromatic carbocycles. The Kier molecular flexibility index (Phi) is 9.17. The van der Waals surface area contributed by atoms with E-state index in [4.69, 9.17) is 9.47 Å². The Labute approximate surface area is 207 Å². The third kappa shape index (κ3) is 7.20. The summed E-state index contributed by atoms with van der Waals surface area (Å²) in [6.45, 7) is 11.6. The molecule has 12 nitrogen and oxygen atoms in total. The van der Waals surface area contributed by atoms with E-state index in [0.717, 1.165) is 24.5 Å². The van der Waals surface area contributed by atoms with E-state index in [0.29, 0.717) is 38.6 Å². The summed E-state index contributed by atoms with van der Waals surface area (Å²) >= 11 is 0. The van der Waals surface area contributed by atoms with E-state index >= 15 is 0 Å². The highest BCUT2D eigenvalue weighted by Gasteiger charge is 2.46. The molecule has 1 atom stereocenters. The van der Waals surface area contributed by atoms with Gasteiger partial charge in [0.2, 0.25) is 0 Å². The molecule has 1 saturated carbocycles. The number of amides is 1. The van der Waals surface area contributed by atoms with Crippen molar-refractivity contribution in [2.75, 3.05) is 20.3 Å². The zero-order chi connectivity index (χ0) is 25.5. The molecule has 3 rings (SSSR count). The van der Waals surface area contributed by atoms with Gasteiger partial charge in [-0.05, 0) is 70.2 Å². The number of tetrazole rings is 1. The lowest BCUT2D eigenvalue weighted by Gasteiger charge is -2.38. The van der Waals surface area contributed by atoms with Gasteiger partial charge in [-0.1, -0.05) is 12.8 Å². The molecule has 1 amide bonds. The predicted octanol–water partition coefficient (Wildman–Crippen LogP) is 2.58. The molecule has 2 aromatic rings. The summed E-state index contributed by atoms with van der Waals surface area (Å²) in [7, 11) is 1.70. The summed E-state index contributed by atoms with van der Waals surface area (Å²) in [5, 5.41) is 23.8. The van der Waals surface area contributed by atoms with Crippen LogP contribution in [0.2, 0.25) is 0 Å². The number of carbonyl (C=O) groups excluding carboxylic acids is 1. The van der Waals surface area contributed by atoms with Gasteiger partial charge in [-0.15, -0.1) is 5.10 Å². The molecule has 0 aliphatic heterocycles. The number of ether oxygens (including phenoxy) is 2. The summed E-state index contributed by atoms with van der Waals surface area (Å²) in [5.41, 5.74) is -1.10. The number of alkyl carbamates (subject to hydrolysis) is 1. The van der Waals surface area contributed by atoms with Gasteiger partial charge in [0.25, 0.3) is 0 Å². The fourth-order valence-corrected chi connectivity index (χ4v) is 4.57. The first-order chi connectivity index (χ1) is 16.6. The smallest absolute Gasteiger partial charge is 0.407 e. The van der Waals surface area contributed by atoms with Gasteiger partial charge in [-0.2, -0.15) is 5.10 Å². The van der Waals surface area contributed by atoms with Crippen LogP contribution in [0.3, 0.4) is 0 Å². The molecule has 0 saturated heterocycles. The van der Waals surface area contributed by atoms with Gasteiger partial charge in [-0.3, -0.25) is 10.00 Å². The normalized spacial score (nSPS) is 16.5. The third-order valence-corrected chi connectivity index (χ3v) is 6.22. The fourth-order valence-electron chi connectivity index (χ4n) is 4.57. The van der Waals surface area contributed by atoms with Crippen molar-refractivity contribution >= 4 is 6.09 Å². The molecule has 2 N–H and O–H groups in total. The molecule has 2 heterocycles. The molecule has 1 unspecified atom stereocenters. The predicted molar refractivity (Wildman–Crippen MR) is 129 cm³/mol. The maximum Gasteiger partial charge on any atom is 0.407 e. The second kappa shape index (κ2) is 11.9. The molecule has 0 radical (unpaired) electrons. The highest BCUT2D eigenvalue weighted by molar-refractivity contribution is 5.67. The lowest BCUT2D eigenvalue weighted by molar-refractivity contribution is 0.0521. The van der Waals surface area contributed by atoms with Gasteiger partial charge in [0.15, 0.2) is 11.6 Å². The largest absolute Gasteiger partial charge is 0.444 e. The van der Waals surface area contributed by atoms with Gasteiger partial charge in [0.1, 0.15) is 17.5 Å². The van der Waals surface area contributed by atoms with Gasteiger partial charge >= 0.3 is 6.09 Å². The maximum absolute atomic E-state index is 11.9. The molecule has 12 heteroatoms. The van der Waals surface area contributed by atoms with Crippen LogP contribution in [0.1, 0.15) is 84.4 Å². The number of hydrogen-bond donors (Lipinski definition) is 2. The number of rotatable bonds is 12. The molecular weight excluding hydrogens is 450 g/mol. The van der Waals surface area contributed by atoms with Gasteiger partial charge in [0, 0.05) is 26.2 Å². The molecule has 2 aromatic heterocycles. The van der Waals surface area contributed by atoms with Crippen molar-refractivity contribution in [2.45, 2.75) is 97.0 Å². The van der Waals surface area contributed by atoms with E-state index in [1.165, 1.54) is 12.8 Å². The number of aryl methyl sites for hydroxylation is 1. The van der Waals surface area contributed by atoms with Gasteiger partial charge in [-0.25, -0.2) is 14.5 Å². The molecule has 1 aliphatic rings.